The molecule has 13 heavy (non-hydrogen) atoms. The monoisotopic (exact) mass is 243 g/mol. The van der Waals surface area contributed by atoms with Crippen LogP contribution < -0.4 is 4.74 Å². The Morgan fingerprint density at radius 3 is 2.69 bits per heavy atom. The van der Waals surface area contributed by atoms with Crippen LogP contribution in [0.15, 0.2) is 22.9 Å². The summed E-state index contributed by atoms with van der Waals surface area (Å²) < 4.78 is 6.68. The predicted octanol–water partition coefficient (Wildman–Crippen LogP) is 3.41. The zero-order chi connectivity index (χ0) is 9.90. The van der Waals surface area contributed by atoms with Gasteiger partial charge in [-0.3, -0.25) is 4.98 Å². The van der Waals surface area contributed by atoms with Gasteiger partial charge in [0.1, 0.15) is 11.4 Å². The fourth-order valence-electron chi connectivity index (χ4n) is 0.839. The normalized spacial score (nSPS) is 11.4. The third-order valence-corrected chi connectivity index (χ3v) is 2.36. The second-order valence-corrected chi connectivity index (χ2v) is 4.47. The molecule has 0 aliphatic carbocycles. The maximum Gasteiger partial charge on any atom is 0.139 e. The first-order valence-electron chi connectivity index (χ1n) is 4.33. The molecule has 0 radical (unpaired) electrons. The van der Waals surface area contributed by atoms with Crippen molar-refractivity contribution in [1.29, 1.82) is 0 Å². The van der Waals surface area contributed by atoms with Crippen LogP contribution in [0.5, 0.6) is 5.75 Å². The maximum atomic E-state index is 5.74. The Kier molecular flexibility index (Phi) is 3.31. The Balaban J connectivity index is 2.74. The van der Waals surface area contributed by atoms with Crippen LogP contribution in [-0.4, -0.2) is 10.6 Å². The highest BCUT2D eigenvalue weighted by Crippen LogP contribution is 2.22. The Labute approximate surface area is 87.5 Å². The van der Waals surface area contributed by atoms with Gasteiger partial charge in [-0.25, -0.2) is 0 Å². The summed E-state index contributed by atoms with van der Waals surface area (Å²) in [5.41, 5.74) is -0.123. The van der Waals surface area contributed by atoms with Crippen molar-refractivity contribution in [3.8, 4) is 5.75 Å². The molecule has 0 bridgehead atoms. The third kappa shape index (κ3) is 3.35. The minimum absolute atomic E-state index is 0.123. The van der Waals surface area contributed by atoms with Crippen LogP contribution in [0.1, 0.15) is 27.2 Å². The molecule has 0 saturated heterocycles. The zero-order valence-corrected chi connectivity index (χ0v) is 9.76. The first-order valence-corrected chi connectivity index (χ1v) is 5.12. The van der Waals surface area contributed by atoms with E-state index in [0.717, 1.165) is 16.6 Å². The summed E-state index contributed by atoms with van der Waals surface area (Å²) in [5.74, 6) is 0.807. The summed E-state index contributed by atoms with van der Waals surface area (Å²) in [6, 6.07) is 1.92. The molecule has 0 N–H and O–H groups in total. The molecule has 0 aliphatic heterocycles. The fraction of sp³-hybridized carbons (Fsp3) is 0.500. The van der Waals surface area contributed by atoms with Gasteiger partial charge < -0.3 is 4.74 Å². The van der Waals surface area contributed by atoms with E-state index >= 15 is 0 Å². The SMILES string of the molecule is CCC(C)(C)Oc1cncc(Br)c1. The van der Waals surface area contributed by atoms with E-state index in [-0.39, 0.29) is 5.60 Å². The third-order valence-electron chi connectivity index (χ3n) is 1.93. The Hall–Kier alpha value is -0.570. The van der Waals surface area contributed by atoms with Crippen LogP contribution in [0.2, 0.25) is 0 Å². The number of ether oxygens (including phenoxy) is 1. The highest BCUT2D eigenvalue weighted by molar-refractivity contribution is 9.10. The predicted molar refractivity (Wildman–Crippen MR) is 56.9 cm³/mol. The molecule has 0 atom stereocenters. The fourth-order valence-corrected chi connectivity index (χ4v) is 1.18. The van der Waals surface area contributed by atoms with Gasteiger partial charge in [0.2, 0.25) is 0 Å². The Morgan fingerprint density at radius 1 is 1.46 bits per heavy atom. The molecule has 1 aromatic rings. The van der Waals surface area contributed by atoms with Gasteiger partial charge in [-0.2, -0.15) is 0 Å². The largest absolute Gasteiger partial charge is 0.486 e. The smallest absolute Gasteiger partial charge is 0.139 e. The van der Waals surface area contributed by atoms with Crippen molar-refractivity contribution in [1.82, 2.24) is 4.98 Å². The molecule has 0 unspecified atom stereocenters. The van der Waals surface area contributed by atoms with Crippen molar-refractivity contribution in [2.45, 2.75) is 32.8 Å². The molecule has 2 nitrogen and oxygen atoms in total. The zero-order valence-electron chi connectivity index (χ0n) is 8.17. The lowest BCUT2D eigenvalue weighted by atomic mass is 10.1. The van der Waals surface area contributed by atoms with Crippen molar-refractivity contribution in [3.63, 3.8) is 0 Å². The summed E-state index contributed by atoms with van der Waals surface area (Å²) in [7, 11) is 0. The topological polar surface area (TPSA) is 22.1 Å². The molecule has 1 heterocycles. The van der Waals surface area contributed by atoms with E-state index in [1.807, 2.05) is 6.07 Å². The molecular weight excluding hydrogens is 230 g/mol. The van der Waals surface area contributed by atoms with E-state index in [1.54, 1.807) is 12.4 Å². The van der Waals surface area contributed by atoms with Crippen molar-refractivity contribution < 1.29 is 4.74 Å². The van der Waals surface area contributed by atoms with E-state index in [2.05, 4.69) is 41.7 Å². The van der Waals surface area contributed by atoms with Crippen LogP contribution in [-0.2, 0) is 0 Å². The summed E-state index contributed by atoms with van der Waals surface area (Å²) in [6.07, 6.45) is 4.44. The molecule has 0 spiro atoms. The van der Waals surface area contributed by atoms with E-state index in [9.17, 15) is 0 Å². The molecule has 1 rings (SSSR count). The molecule has 0 fully saturated rings. The number of pyridine rings is 1. The minimum atomic E-state index is -0.123. The molecule has 0 amide bonds. The summed E-state index contributed by atoms with van der Waals surface area (Å²) in [6.45, 7) is 6.23. The number of hydrogen-bond acceptors (Lipinski definition) is 2. The summed E-state index contributed by atoms with van der Waals surface area (Å²) in [5, 5.41) is 0. The van der Waals surface area contributed by atoms with E-state index in [0.29, 0.717) is 0 Å². The molecule has 3 heteroatoms. The van der Waals surface area contributed by atoms with Crippen molar-refractivity contribution in [3.05, 3.63) is 22.9 Å². The van der Waals surface area contributed by atoms with E-state index < -0.39 is 0 Å². The Morgan fingerprint density at radius 2 is 2.15 bits per heavy atom. The van der Waals surface area contributed by atoms with Crippen LogP contribution in [0.4, 0.5) is 0 Å². The van der Waals surface area contributed by atoms with Gasteiger partial charge in [0.05, 0.1) is 6.20 Å². The van der Waals surface area contributed by atoms with Gasteiger partial charge in [0.15, 0.2) is 0 Å². The number of rotatable bonds is 3. The van der Waals surface area contributed by atoms with Crippen molar-refractivity contribution in [2.75, 3.05) is 0 Å². The van der Waals surface area contributed by atoms with Gasteiger partial charge >= 0.3 is 0 Å². The van der Waals surface area contributed by atoms with Gasteiger partial charge in [-0.15, -0.1) is 0 Å². The first-order chi connectivity index (χ1) is 6.03. The number of halogens is 1. The summed E-state index contributed by atoms with van der Waals surface area (Å²) in [4.78, 5) is 4.03. The van der Waals surface area contributed by atoms with Crippen LogP contribution in [0.3, 0.4) is 0 Å². The summed E-state index contributed by atoms with van der Waals surface area (Å²) >= 11 is 3.35. The molecule has 72 valence electrons. The average Bonchev–Trinajstić information content (AvgIpc) is 2.03. The molecule has 0 saturated carbocycles. The van der Waals surface area contributed by atoms with Gasteiger partial charge in [0, 0.05) is 10.7 Å². The van der Waals surface area contributed by atoms with E-state index in [1.165, 1.54) is 0 Å². The number of aromatic nitrogens is 1. The minimum Gasteiger partial charge on any atom is -0.486 e. The average molecular weight is 244 g/mol. The lowest BCUT2D eigenvalue weighted by Crippen LogP contribution is -2.26. The van der Waals surface area contributed by atoms with Crippen molar-refractivity contribution in [2.24, 2.45) is 0 Å². The molecule has 0 aliphatic rings. The maximum absolute atomic E-state index is 5.74. The molecular formula is C10H14BrNO. The highest BCUT2D eigenvalue weighted by atomic mass is 79.9. The molecule has 1 aromatic heterocycles. The van der Waals surface area contributed by atoms with Crippen LogP contribution in [0.25, 0.3) is 0 Å². The van der Waals surface area contributed by atoms with Gasteiger partial charge in [-0.05, 0) is 42.3 Å². The second-order valence-electron chi connectivity index (χ2n) is 3.55. The highest BCUT2D eigenvalue weighted by Gasteiger charge is 2.16. The first kappa shape index (κ1) is 10.5. The standard InChI is InChI=1S/C10H14BrNO/c1-4-10(2,3)13-9-5-8(11)6-12-7-9/h5-7H,4H2,1-3H3. The number of nitrogens with zero attached hydrogens (tertiary/aromatic N) is 1. The number of hydrogen-bond donors (Lipinski definition) is 0. The van der Waals surface area contributed by atoms with Crippen LogP contribution >= 0.6 is 15.9 Å². The van der Waals surface area contributed by atoms with E-state index in [4.69, 9.17) is 4.74 Å². The van der Waals surface area contributed by atoms with Crippen molar-refractivity contribution >= 4 is 15.9 Å². The van der Waals surface area contributed by atoms with Gasteiger partial charge in [-0.1, -0.05) is 6.92 Å². The Bertz CT molecular complexity index is 286. The lowest BCUT2D eigenvalue weighted by molar-refractivity contribution is 0.105. The van der Waals surface area contributed by atoms with Gasteiger partial charge in [0.25, 0.3) is 0 Å². The molecule has 0 aromatic carbocycles. The lowest BCUT2D eigenvalue weighted by Gasteiger charge is -2.24. The second kappa shape index (κ2) is 4.09. The van der Waals surface area contributed by atoms with Crippen LogP contribution in [0, 0.1) is 0 Å². The quantitative estimate of drug-likeness (QED) is 0.812.